The van der Waals surface area contributed by atoms with Crippen LogP contribution in [-0.4, -0.2) is 27.6 Å². The van der Waals surface area contributed by atoms with Crippen LogP contribution in [0, 0.1) is 0 Å². The molecule has 0 saturated carbocycles. The van der Waals surface area contributed by atoms with E-state index in [0.717, 1.165) is 16.6 Å². The maximum absolute atomic E-state index is 12.2. The molecule has 31 heavy (non-hydrogen) atoms. The van der Waals surface area contributed by atoms with Crippen LogP contribution in [0.15, 0.2) is 66.7 Å². The maximum Gasteiger partial charge on any atom is 0.249 e. The predicted octanol–water partition coefficient (Wildman–Crippen LogP) is 3.96. The van der Waals surface area contributed by atoms with Crippen molar-refractivity contribution in [2.24, 2.45) is 5.73 Å². The smallest absolute Gasteiger partial charge is 0.249 e. The summed E-state index contributed by atoms with van der Waals surface area (Å²) >= 11 is 3.59. The van der Waals surface area contributed by atoms with Crippen LogP contribution in [0.25, 0.3) is 22.0 Å². The molecule has 4 aromatic rings. The van der Waals surface area contributed by atoms with Gasteiger partial charge in [0.1, 0.15) is 0 Å². The van der Waals surface area contributed by atoms with Crippen molar-refractivity contribution in [3.05, 3.63) is 77.9 Å². The van der Waals surface area contributed by atoms with Gasteiger partial charge in [-0.1, -0.05) is 42.5 Å². The number of fused-ring (bicyclic) bond motifs is 1. The monoisotopic (exact) mass is 477 g/mol. The standard InChI is InChI=1S/C23H20BrN5O2/c24-29(16-6-2-1-3-7-16)22-18-13-15(9-10-19(18)27-23(26)28-22)17-8-4-5-14(11-12-30)20(17)21(25)31/h1-10,13,30H,11-12H2,(H2,25,31)(H2,26,27,28). The number of aromatic nitrogens is 2. The molecule has 1 aromatic heterocycles. The lowest BCUT2D eigenvalue weighted by molar-refractivity contribution is 0.1000. The highest BCUT2D eigenvalue weighted by Gasteiger charge is 2.18. The third kappa shape index (κ3) is 4.08. The van der Waals surface area contributed by atoms with Gasteiger partial charge in [-0.2, -0.15) is 4.98 Å². The van der Waals surface area contributed by atoms with Crippen molar-refractivity contribution in [3.8, 4) is 11.1 Å². The number of benzene rings is 3. The first-order valence-corrected chi connectivity index (χ1v) is 10.3. The van der Waals surface area contributed by atoms with Crippen molar-refractivity contribution in [2.45, 2.75) is 6.42 Å². The Bertz CT molecular complexity index is 1260. The molecule has 0 aliphatic carbocycles. The van der Waals surface area contributed by atoms with Gasteiger partial charge in [-0.3, -0.25) is 8.72 Å². The highest BCUT2D eigenvalue weighted by Crippen LogP contribution is 2.36. The molecule has 7 nitrogen and oxygen atoms in total. The van der Waals surface area contributed by atoms with E-state index in [4.69, 9.17) is 11.5 Å². The molecular weight excluding hydrogens is 458 g/mol. The van der Waals surface area contributed by atoms with Crippen LogP contribution in [0.1, 0.15) is 15.9 Å². The number of hydrogen-bond acceptors (Lipinski definition) is 6. The SMILES string of the molecule is NC(=O)c1c(CCO)cccc1-c1ccc2nc(N)nc(N(Br)c3ccccc3)c2c1. The van der Waals surface area contributed by atoms with Gasteiger partial charge in [0.15, 0.2) is 5.82 Å². The number of halogens is 1. The van der Waals surface area contributed by atoms with Crippen LogP contribution >= 0.6 is 16.1 Å². The van der Waals surface area contributed by atoms with Gasteiger partial charge in [0.25, 0.3) is 0 Å². The van der Waals surface area contributed by atoms with Gasteiger partial charge in [-0.05, 0) is 47.4 Å². The van der Waals surface area contributed by atoms with Gasteiger partial charge < -0.3 is 16.6 Å². The van der Waals surface area contributed by atoms with E-state index in [0.29, 0.717) is 34.4 Å². The first-order valence-electron chi connectivity index (χ1n) is 9.60. The van der Waals surface area contributed by atoms with E-state index < -0.39 is 5.91 Å². The molecule has 0 unspecified atom stereocenters. The van der Waals surface area contributed by atoms with E-state index in [1.165, 1.54) is 0 Å². The van der Waals surface area contributed by atoms with Crippen LogP contribution in [-0.2, 0) is 6.42 Å². The summed E-state index contributed by atoms with van der Waals surface area (Å²) in [5.74, 6) is 0.181. The number of rotatable bonds is 6. The molecule has 1 heterocycles. The van der Waals surface area contributed by atoms with E-state index in [2.05, 4.69) is 26.1 Å². The molecule has 1 amide bonds. The van der Waals surface area contributed by atoms with Crippen molar-refractivity contribution in [3.63, 3.8) is 0 Å². The predicted molar refractivity (Wildman–Crippen MR) is 126 cm³/mol. The molecule has 0 aliphatic rings. The summed E-state index contributed by atoms with van der Waals surface area (Å²) in [7, 11) is 0. The molecule has 0 bridgehead atoms. The van der Waals surface area contributed by atoms with Crippen molar-refractivity contribution >= 4 is 50.4 Å². The Morgan fingerprint density at radius 2 is 1.81 bits per heavy atom. The maximum atomic E-state index is 12.2. The number of carbonyl (C=O) groups is 1. The van der Waals surface area contributed by atoms with E-state index >= 15 is 0 Å². The van der Waals surface area contributed by atoms with E-state index in [1.54, 1.807) is 9.99 Å². The third-order valence-electron chi connectivity index (χ3n) is 4.95. The molecule has 0 atom stereocenters. The summed E-state index contributed by atoms with van der Waals surface area (Å²) in [6.45, 7) is -0.0751. The second-order valence-corrected chi connectivity index (χ2v) is 7.64. The Labute approximate surface area is 187 Å². The Balaban J connectivity index is 1.92. The Morgan fingerprint density at radius 1 is 1.03 bits per heavy atom. The summed E-state index contributed by atoms with van der Waals surface area (Å²) in [5, 5.41) is 10.1. The summed E-state index contributed by atoms with van der Waals surface area (Å²) in [4.78, 5) is 21.0. The molecule has 0 radical (unpaired) electrons. The summed E-state index contributed by atoms with van der Waals surface area (Å²) in [6.07, 6.45) is 0.341. The number of hydrogen-bond donors (Lipinski definition) is 3. The quantitative estimate of drug-likeness (QED) is 0.361. The van der Waals surface area contributed by atoms with Crippen LogP contribution in [0.4, 0.5) is 17.5 Å². The second kappa shape index (κ2) is 8.71. The number of nitrogen functional groups attached to an aromatic ring is 1. The van der Waals surface area contributed by atoms with Crippen molar-refractivity contribution in [2.75, 3.05) is 16.3 Å². The Morgan fingerprint density at radius 3 is 2.52 bits per heavy atom. The minimum Gasteiger partial charge on any atom is -0.396 e. The average molecular weight is 478 g/mol. The number of anilines is 3. The van der Waals surface area contributed by atoms with Gasteiger partial charge in [-0.15, -0.1) is 0 Å². The molecule has 3 aromatic carbocycles. The minimum atomic E-state index is -0.542. The fraction of sp³-hybridized carbons (Fsp3) is 0.0870. The number of nitrogens with two attached hydrogens (primary N) is 2. The normalized spacial score (nSPS) is 10.9. The number of aliphatic hydroxyl groups excluding tert-OH is 1. The lowest BCUT2D eigenvalue weighted by atomic mass is 9.93. The zero-order valence-corrected chi connectivity index (χ0v) is 18.1. The molecule has 156 valence electrons. The Kier molecular flexibility index (Phi) is 5.83. The van der Waals surface area contributed by atoms with Crippen LogP contribution in [0.5, 0.6) is 0 Å². The summed E-state index contributed by atoms with van der Waals surface area (Å²) in [6, 6.07) is 20.7. The largest absolute Gasteiger partial charge is 0.396 e. The second-order valence-electron chi connectivity index (χ2n) is 6.93. The minimum absolute atomic E-state index is 0.0751. The molecular formula is C23H20BrN5O2. The zero-order chi connectivity index (χ0) is 22.0. The molecule has 0 aliphatic heterocycles. The highest BCUT2D eigenvalue weighted by molar-refractivity contribution is 9.10. The van der Waals surface area contributed by atoms with Gasteiger partial charge >= 0.3 is 0 Å². The molecule has 0 saturated heterocycles. The van der Waals surface area contributed by atoms with E-state index in [-0.39, 0.29) is 12.6 Å². The number of aliphatic hydroxyl groups is 1. The van der Waals surface area contributed by atoms with Gasteiger partial charge in [0, 0.05) is 12.0 Å². The molecule has 8 heteroatoms. The summed E-state index contributed by atoms with van der Waals surface area (Å²) in [5.41, 5.74) is 15.7. The fourth-order valence-corrected chi connectivity index (χ4v) is 4.10. The van der Waals surface area contributed by atoms with Crippen LogP contribution < -0.4 is 15.4 Å². The molecule has 5 N–H and O–H groups in total. The lowest BCUT2D eigenvalue weighted by Crippen LogP contribution is -2.16. The molecule has 4 rings (SSSR count). The summed E-state index contributed by atoms with van der Waals surface area (Å²) < 4.78 is 1.76. The number of nitrogens with zero attached hydrogens (tertiary/aromatic N) is 3. The van der Waals surface area contributed by atoms with E-state index in [1.807, 2.05) is 60.7 Å². The van der Waals surface area contributed by atoms with E-state index in [9.17, 15) is 9.90 Å². The van der Waals surface area contributed by atoms with Gasteiger partial charge in [-0.25, -0.2) is 4.98 Å². The fourth-order valence-electron chi connectivity index (χ4n) is 3.59. The molecule has 0 fully saturated rings. The number of primary amides is 1. The average Bonchev–Trinajstić information content (AvgIpc) is 2.78. The highest BCUT2D eigenvalue weighted by atomic mass is 79.9. The van der Waals surface area contributed by atoms with Crippen LogP contribution in [0.2, 0.25) is 0 Å². The number of para-hydroxylation sites is 1. The van der Waals surface area contributed by atoms with Gasteiger partial charge in [0.05, 0.1) is 32.9 Å². The zero-order valence-electron chi connectivity index (χ0n) is 16.5. The Hall–Kier alpha value is -3.49. The topological polar surface area (TPSA) is 118 Å². The number of carbonyl (C=O) groups excluding carboxylic acids is 1. The lowest BCUT2D eigenvalue weighted by Gasteiger charge is -2.18. The van der Waals surface area contributed by atoms with Crippen molar-refractivity contribution < 1.29 is 9.90 Å². The van der Waals surface area contributed by atoms with Crippen LogP contribution in [0.3, 0.4) is 0 Å². The third-order valence-corrected chi connectivity index (χ3v) is 5.70. The van der Waals surface area contributed by atoms with Crippen molar-refractivity contribution in [1.82, 2.24) is 9.97 Å². The first kappa shape index (κ1) is 20.8. The van der Waals surface area contributed by atoms with Crippen molar-refractivity contribution in [1.29, 1.82) is 0 Å². The first-order chi connectivity index (χ1) is 15.0. The number of amides is 1. The van der Waals surface area contributed by atoms with Gasteiger partial charge in [0.2, 0.25) is 11.9 Å². The molecule has 0 spiro atoms.